The second-order valence-corrected chi connectivity index (χ2v) is 6.04. The quantitative estimate of drug-likeness (QED) is 0.300. The zero-order chi connectivity index (χ0) is 13.6. The Labute approximate surface area is 112 Å². The van der Waals surface area contributed by atoms with E-state index in [9.17, 15) is 5.21 Å². The maximum Gasteiger partial charge on any atom is 0.0700 e. The fourth-order valence-electron chi connectivity index (χ4n) is 3.11. The van der Waals surface area contributed by atoms with Gasteiger partial charge in [0.1, 0.15) is 0 Å². The van der Waals surface area contributed by atoms with Crippen molar-refractivity contribution in [3.05, 3.63) is 12.2 Å². The molecule has 0 aliphatic heterocycles. The van der Waals surface area contributed by atoms with Crippen LogP contribution in [0, 0.1) is 11.3 Å². The molecule has 0 aromatic rings. The van der Waals surface area contributed by atoms with Gasteiger partial charge in [-0.1, -0.05) is 63.3 Å². The highest BCUT2D eigenvalue weighted by Crippen LogP contribution is 2.40. The van der Waals surface area contributed by atoms with Crippen molar-refractivity contribution in [2.75, 3.05) is 0 Å². The van der Waals surface area contributed by atoms with E-state index in [1.807, 2.05) is 0 Å². The fraction of sp³-hybridized carbons (Fsp3) is 0.812. The van der Waals surface area contributed by atoms with Crippen LogP contribution in [0.3, 0.4) is 0 Å². The molecule has 0 aromatic heterocycles. The van der Waals surface area contributed by atoms with E-state index in [0.717, 1.165) is 24.1 Å². The van der Waals surface area contributed by atoms with Crippen LogP contribution >= 0.6 is 0 Å². The number of rotatable bonds is 6. The van der Waals surface area contributed by atoms with Gasteiger partial charge in [-0.25, -0.2) is 0 Å². The lowest BCUT2D eigenvalue weighted by atomic mass is 9.68. The molecule has 0 amide bonds. The monoisotopic (exact) mass is 251 g/mol. The zero-order valence-electron chi connectivity index (χ0n) is 12.3. The van der Waals surface area contributed by atoms with Crippen LogP contribution in [0.5, 0.6) is 0 Å². The summed E-state index contributed by atoms with van der Waals surface area (Å²) in [5, 5.41) is 13.2. The first kappa shape index (κ1) is 15.3. The van der Waals surface area contributed by atoms with Crippen LogP contribution in [0.15, 0.2) is 17.3 Å². The van der Waals surface area contributed by atoms with E-state index in [-0.39, 0.29) is 5.41 Å². The first-order chi connectivity index (χ1) is 8.56. The average Bonchev–Trinajstić information content (AvgIpc) is 2.38. The number of nitrogens with zero attached hydrogens (tertiary/aromatic N) is 1. The first-order valence-electron chi connectivity index (χ1n) is 7.44. The van der Waals surface area contributed by atoms with Crippen LogP contribution in [-0.2, 0) is 0 Å². The summed E-state index contributed by atoms with van der Waals surface area (Å²) in [4.78, 5) is 0. The Morgan fingerprint density at radius 2 is 1.94 bits per heavy atom. The SMILES string of the molecule is C=C(C)C(C)(CCCC)/C(=N/O)C1CCCCC1. The summed E-state index contributed by atoms with van der Waals surface area (Å²) < 4.78 is 0. The van der Waals surface area contributed by atoms with Crippen molar-refractivity contribution >= 4 is 5.71 Å². The third-order valence-electron chi connectivity index (χ3n) is 4.64. The van der Waals surface area contributed by atoms with E-state index in [4.69, 9.17) is 0 Å². The molecule has 0 aromatic carbocycles. The number of hydrogen-bond acceptors (Lipinski definition) is 2. The smallest absolute Gasteiger partial charge is 0.0700 e. The molecular weight excluding hydrogens is 222 g/mol. The van der Waals surface area contributed by atoms with Gasteiger partial charge < -0.3 is 5.21 Å². The van der Waals surface area contributed by atoms with Crippen LogP contribution in [0.4, 0.5) is 0 Å². The maximum absolute atomic E-state index is 9.51. The van der Waals surface area contributed by atoms with Gasteiger partial charge in [0, 0.05) is 11.3 Å². The van der Waals surface area contributed by atoms with Crippen LogP contribution < -0.4 is 0 Å². The van der Waals surface area contributed by atoms with Gasteiger partial charge in [-0.3, -0.25) is 0 Å². The van der Waals surface area contributed by atoms with Gasteiger partial charge in [0.05, 0.1) is 5.71 Å². The van der Waals surface area contributed by atoms with Gasteiger partial charge in [-0.15, -0.1) is 0 Å². The molecule has 0 saturated heterocycles. The molecule has 104 valence electrons. The minimum Gasteiger partial charge on any atom is -0.411 e. The van der Waals surface area contributed by atoms with Crippen molar-refractivity contribution in [3.8, 4) is 0 Å². The highest BCUT2D eigenvalue weighted by Gasteiger charge is 2.36. The molecule has 1 aliphatic rings. The van der Waals surface area contributed by atoms with E-state index >= 15 is 0 Å². The maximum atomic E-state index is 9.51. The van der Waals surface area contributed by atoms with Crippen LogP contribution in [0.1, 0.15) is 72.1 Å². The Morgan fingerprint density at radius 1 is 1.33 bits per heavy atom. The molecule has 1 fully saturated rings. The summed E-state index contributed by atoms with van der Waals surface area (Å²) in [6, 6.07) is 0. The molecule has 0 heterocycles. The predicted molar refractivity (Wildman–Crippen MR) is 78.2 cm³/mol. The summed E-state index contributed by atoms with van der Waals surface area (Å²) in [6.45, 7) is 10.6. The molecule has 1 aliphatic carbocycles. The lowest BCUT2D eigenvalue weighted by Crippen LogP contribution is -2.35. The summed E-state index contributed by atoms with van der Waals surface area (Å²) in [5.74, 6) is 0.460. The molecule has 1 atom stereocenters. The van der Waals surface area contributed by atoms with E-state index < -0.39 is 0 Å². The van der Waals surface area contributed by atoms with Crippen molar-refractivity contribution in [1.29, 1.82) is 0 Å². The summed E-state index contributed by atoms with van der Waals surface area (Å²) in [6.07, 6.45) is 9.60. The van der Waals surface area contributed by atoms with Gasteiger partial charge in [0.2, 0.25) is 0 Å². The van der Waals surface area contributed by atoms with E-state index in [1.165, 1.54) is 38.5 Å². The molecule has 1 N–H and O–H groups in total. The van der Waals surface area contributed by atoms with Gasteiger partial charge in [-0.05, 0) is 26.2 Å². The molecule has 2 nitrogen and oxygen atoms in total. The van der Waals surface area contributed by atoms with Crippen LogP contribution in [0.25, 0.3) is 0 Å². The second-order valence-electron chi connectivity index (χ2n) is 6.04. The minimum atomic E-state index is -0.118. The van der Waals surface area contributed by atoms with Crippen molar-refractivity contribution < 1.29 is 5.21 Å². The number of hydrogen-bond donors (Lipinski definition) is 1. The third-order valence-corrected chi connectivity index (χ3v) is 4.64. The molecule has 2 heteroatoms. The lowest BCUT2D eigenvalue weighted by molar-refractivity contribution is 0.292. The van der Waals surface area contributed by atoms with E-state index in [0.29, 0.717) is 5.92 Å². The molecule has 1 rings (SSSR count). The molecule has 0 bridgehead atoms. The lowest BCUT2D eigenvalue weighted by Gasteiger charge is -2.36. The first-order valence-corrected chi connectivity index (χ1v) is 7.44. The van der Waals surface area contributed by atoms with Crippen molar-refractivity contribution in [2.24, 2.45) is 16.5 Å². The average molecular weight is 251 g/mol. The Bertz CT molecular complexity index is 302. The molecule has 1 saturated carbocycles. The highest BCUT2D eigenvalue weighted by molar-refractivity contribution is 5.94. The normalized spacial score (nSPS) is 21.6. The topological polar surface area (TPSA) is 32.6 Å². The van der Waals surface area contributed by atoms with Crippen molar-refractivity contribution in [3.63, 3.8) is 0 Å². The predicted octanol–water partition coefficient (Wildman–Crippen LogP) is 5.17. The largest absolute Gasteiger partial charge is 0.411 e. The van der Waals surface area contributed by atoms with Crippen LogP contribution in [0.2, 0.25) is 0 Å². The highest BCUT2D eigenvalue weighted by atomic mass is 16.4. The summed E-state index contributed by atoms with van der Waals surface area (Å²) >= 11 is 0. The van der Waals surface area contributed by atoms with Gasteiger partial charge >= 0.3 is 0 Å². The molecule has 0 spiro atoms. The van der Waals surface area contributed by atoms with Gasteiger partial charge in [0.15, 0.2) is 0 Å². The van der Waals surface area contributed by atoms with Gasteiger partial charge in [0.25, 0.3) is 0 Å². The Morgan fingerprint density at radius 3 is 2.39 bits per heavy atom. The minimum absolute atomic E-state index is 0.118. The van der Waals surface area contributed by atoms with Crippen molar-refractivity contribution in [1.82, 2.24) is 0 Å². The Hall–Kier alpha value is -0.790. The third kappa shape index (κ3) is 3.37. The molecule has 18 heavy (non-hydrogen) atoms. The molecule has 0 radical (unpaired) electrons. The van der Waals surface area contributed by atoms with Crippen LogP contribution in [-0.4, -0.2) is 10.9 Å². The number of unbranched alkanes of at least 4 members (excludes halogenated alkanes) is 1. The number of oxime groups is 1. The Kier molecular flexibility index (Phi) is 5.90. The summed E-state index contributed by atoms with van der Waals surface area (Å²) in [7, 11) is 0. The second kappa shape index (κ2) is 6.96. The van der Waals surface area contributed by atoms with E-state index in [2.05, 4.69) is 32.5 Å². The standard InChI is InChI=1S/C16H29NO/c1-5-6-12-16(4,13(2)3)15(17-18)14-10-8-7-9-11-14/h14,18H,2,5-12H2,1,3-4H3/b17-15+. The summed E-state index contributed by atoms with van der Waals surface area (Å²) in [5.41, 5.74) is 2.00. The van der Waals surface area contributed by atoms with Gasteiger partial charge in [-0.2, -0.15) is 0 Å². The van der Waals surface area contributed by atoms with Crippen molar-refractivity contribution in [2.45, 2.75) is 72.1 Å². The zero-order valence-corrected chi connectivity index (χ0v) is 12.3. The molecule has 1 unspecified atom stereocenters. The molecular formula is C16H29NO. The number of allylic oxidation sites excluding steroid dienone is 1. The van der Waals surface area contributed by atoms with E-state index in [1.54, 1.807) is 0 Å². The Balaban J connectivity index is 2.89. The fourth-order valence-corrected chi connectivity index (χ4v) is 3.11.